The fourth-order valence-corrected chi connectivity index (χ4v) is 3.97. The van der Waals surface area contributed by atoms with E-state index in [4.69, 9.17) is 4.74 Å². The van der Waals surface area contributed by atoms with Gasteiger partial charge in [0.2, 0.25) is 10.0 Å². The molecule has 162 valence electrons. The Kier molecular flexibility index (Phi) is 7.39. The number of hydrogen-bond donors (Lipinski definition) is 1. The van der Waals surface area contributed by atoms with Crippen molar-refractivity contribution in [3.8, 4) is 5.75 Å². The van der Waals surface area contributed by atoms with Crippen LogP contribution in [0.15, 0.2) is 52.5 Å². The number of hydrazone groups is 1. The van der Waals surface area contributed by atoms with E-state index in [0.717, 1.165) is 9.87 Å². The number of aryl methyl sites for hydroxylation is 1. The number of carbonyl (C=O) groups excluding carboxylic acids is 1. The zero-order chi connectivity index (χ0) is 22.5. The summed E-state index contributed by atoms with van der Waals surface area (Å²) in [7, 11) is -0.942. The van der Waals surface area contributed by atoms with Crippen LogP contribution in [-0.2, 0) is 20.2 Å². The quantitative estimate of drug-likeness (QED) is 0.539. The van der Waals surface area contributed by atoms with Gasteiger partial charge >= 0.3 is 0 Å². The number of likely N-dealkylation sites (N-methyl/N-ethyl adjacent to an activating group) is 1. The molecular formula is C22H29N3O4S. The van der Waals surface area contributed by atoms with Gasteiger partial charge in [-0.05, 0) is 47.2 Å². The van der Waals surface area contributed by atoms with Gasteiger partial charge in [-0.15, -0.1) is 0 Å². The number of nitrogens with one attached hydrogen (secondary N) is 1. The Morgan fingerprint density at radius 2 is 1.80 bits per heavy atom. The Labute approximate surface area is 178 Å². The summed E-state index contributed by atoms with van der Waals surface area (Å²) in [6.45, 7) is 7.80. The lowest BCUT2D eigenvalue weighted by Gasteiger charge is -2.18. The van der Waals surface area contributed by atoms with Gasteiger partial charge in [0.05, 0.1) is 24.8 Å². The van der Waals surface area contributed by atoms with E-state index in [1.807, 2.05) is 24.3 Å². The lowest BCUT2D eigenvalue weighted by molar-refractivity contribution is -0.121. The molecule has 0 spiro atoms. The van der Waals surface area contributed by atoms with Crippen LogP contribution in [0, 0.1) is 6.92 Å². The van der Waals surface area contributed by atoms with Crippen LogP contribution in [0.5, 0.6) is 5.75 Å². The first-order chi connectivity index (χ1) is 13.9. The van der Waals surface area contributed by atoms with Gasteiger partial charge in [0.25, 0.3) is 5.91 Å². The highest BCUT2D eigenvalue weighted by molar-refractivity contribution is 7.89. The zero-order valence-electron chi connectivity index (χ0n) is 18.3. The molecule has 1 N–H and O–H groups in total. The van der Waals surface area contributed by atoms with Crippen molar-refractivity contribution >= 4 is 22.1 Å². The second-order valence-corrected chi connectivity index (χ2v) is 10.1. The molecule has 0 atom stereocenters. The number of sulfonamides is 1. The van der Waals surface area contributed by atoms with Crippen LogP contribution < -0.4 is 10.2 Å². The number of nitrogens with zero attached hydrogens (tertiary/aromatic N) is 2. The van der Waals surface area contributed by atoms with Gasteiger partial charge in [0.15, 0.2) is 0 Å². The molecule has 0 fully saturated rings. The van der Waals surface area contributed by atoms with E-state index < -0.39 is 15.9 Å². The molecular weight excluding hydrogens is 402 g/mol. The molecule has 0 heterocycles. The van der Waals surface area contributed by atoms with Crippen LogP contribution in [-0.4, -0.2) is 45.5 Å². The van der Waals surface area contributed by atoms with Crippen LogP contribution in [0.1, 0.15) is 37.5 Å². The fourth-order valence-electron chi connectivity index (χ4n) is 2.76. The molecule has 0 radical (unpaired) electrons. The van der Waals surface area contributed by atoms with Gasteiger partial charge in [-0.2, -0.15) is 9.41 Å². The molecule has 0 unspecified atom stereocenters. The van der Waals surface area contributed by atoms with Gasteiger partial charge in [-0.25, -0.2) is 13.8 Å². The van der Waals surface area contributed by atoms with Gasteiger partial charge in [0.1, 0.15) is 5.75 Å². The summed E-state index contributed by atoms with van der Waals surface area (Å²) in [4.78, 5) is 12.2. The number of methoxy groups -OCH3 is 1. The maximum absolute atomic E-state index is 12.7. The third kappa shape index (κ3) is 5.90. The molecule has 0 saturated carbocycles. The molecule has 7 nitrogen and oxygen atoms in total. The van der Waals surface area contributed by atoms with Crippen molar-refractivity contribution in [3.05, 3.63) is 59.2 Å². The van der Waals surface area contributed by atoms with Crippen molar-refractivity contribution in [2.45, 2.75) is 38.0 Å². The summed E-state index contributed by atoms with van der Waals surface area (Å²) >= 11 is 0. The van der Waals surface area contributed by atoms with E-state index in [1.165, 1.54) is 38.1 Å². The highest BCUT2D eigenvalue weighted by atomic mass is 32.2. The Morgan fingerprint density at radius 1 is 1.17 bits per heavy atom. The number of amides is 1. The number of carbonyl (C=O) groups is 1. The van der Waals surface area contributed by atoms with Crippen molar-refractivity contribution in [1.82, 2.24) is 9.73 Å². The molecule has 2 aromatic rings. The summed E-state index contributed by atoms with van der Waals surface area (Å²) < 4.78 is 31.5. The Bertz CT molecular complexity index is 1020. The molecule has 0 aliphatic heterocycles. The van der Waals surface area contributed by atoms with E-state index in [0.29, 0.717) is 11.3 Å². The normalized spacial score (nSPS) is 12.4. The van der Waals surface area contributed by atoms with Crippen LogP contribution >= 0.6 is 0 Å². The first-order valence-corrected chi connectivity index (χ1v) is 10.9. The lowest BCUT2D eigenvalue weighted by atomic mass is 9.87. The van der Waals surface area contributed by atoms with Gasteiger partial charge in [-0.3, -0.25) is 4.79 Å². The van der Waals surface area contributed by atoms with E-state index in [9.17, 15) is 13.2 Å². The lowest BCUT2D eigenvalue weighted by Crippen LogP contribution is -2.36. The minimum absolute atomic E-state index is 0.0579. The maximum atomic E-state index is 12.7. The third-order valence-corrected chi connectivity index (χ3v) is 6.42. The summed E-state index contributed by atoms with van der Waals surface area (Å²) in [6.07, 6.45) is 1.52. The summed E-state index contributed by atoms with van der Waals surface area (Å²) in [5.41, 5.74) is 5.15. The van der Waals surface area contributed by atoms with E-state index in [1.54, 1.807) is 13.0 Å². The van der Waals surface area contributed by atoms with E-state index >= 15 is 0 Å². The van der Waals surface area contributed by atoms with Crippen LogP contribution in [0.2, 0.25) is 0 Å². The number of rotatable bonds is 7. The molecule has 0 saturated heterocycles. The molecule has 8 heteroatoms. The zero-order valence-corrected chi connectivity index (χ0v) is 19.1. The second-order valence-electron chi connectivity index (χ2n) is 8.06. The van der Waals surface area contributed by atoms with Gasteiger partial charge in [-0.1, -0.05) is 45.0 Å². The summed E-state index contributed by atoms with van der Waals surface area (Å²) in [5, 5.41) is 3.92. The number of hydrogen-bond acceptors (Lipinski definition) is 5. The monoisotopic (exact) mass is 431 g/mol. The van der Waals surface area contributed by atoms with E-state index in [2.05, 4.69) is 31.3 Å². The first-order valence-electron chi connectivity index (χ1n) is 9.48. The van der Waals surface area contributed by atoms with E-state index in [-0.39, 0.29) is 16.9 Å². The third-order valence-electron chi connectivity index (χ3n) is 4.62. The number of benzene rings is 2. The second kappa shape index (κ2) is 9.40. The fraction of sp³-hybridized carbons (Fsp3) is 0.364. The average Bonchev–Trinajstić information content (AvgIpc) is 2.67. The Hall–Kier alpha value is -2.71. The topological polar surface area (TPSA) is 88.1 Å². The van der Waals surface area contributed by atoms with Crippen molar-refractivity contribution in [1.29, 1.82) is 0 Å². The molecule has 2 rings (SSSR count). The molecule has 0 bridgehead atoms. The van der Waals surface area contributed by atoms with Crippen molar-refractivity contribution < 1.29 is 17.9 Å². The molecule has 1 amide bonds. The highest BCUT2D eigenvalue weighted by Gasteiger charge is 2.23. The van der Waals surface area contributed by atoms with Gasteiger partial charge < -0.3 is 4.74 Å². The minimum atomic E-state index is -3.81. The van der Waals surface area contributed by atoms with Crippen molar-refractivity contribution in [3.63, 3.8) is 0 Å². The minimum Gasteiger partial charge on any atom is -0.496 e. The predicted octanol–water partition coefficient (Wildman–Crippen LogP) is 3.07. The SMILES string of the molecule is COc1ccc(S(=O)(=O)N(C)CC(=O)N/N=C\c2ccc(C(C)(C)C)cc2)cc1C. The maximum Gasteiger partial charge on any atom is 0.255 e. The van der Waals surface area contributed by atoms with Crippen LogP contribution in [0.4, 0.5) is 0 Å². The summed E-state index contributed by atoms with van der Waals surface area (Å²) in [6, 6.07) is 12.4. The van der Waals surface area contributed by atoms with Crippen molar-refractivity contribution in [2.75, 3.05) is 20.7 Å². The molecule has 0 aliphatic carbocycles. The van der Waals surface area contributed by atoms with Crippen LogP contribution in [0.25, 0.3) is 0 Å². The average molecular weight is 432 g/mol. The Balaban J connectivity index is 1.98. The smallest absolute Gasteiger partial charge is 0.255 e. The highest BCUT2D eigenvalue weighted by Crippen LogP contribution is 2.23. The first kappa shape index (κ1) is 23.6. The summed E-state index contributed by atoms with van der Waals surface area (Å²) in [5.74, 6) is 0.0630. The largest absolute Gasteiger partial charge is 0.496 e. The molecule has 30 heavy (non-hydrogen) atoms. The standard InChI is InChI=1S/C22H29N3O4S/c1-16-13-19(11-12-20(16)29-6)30(27,28)25(5)15-21(26)24-23-14-17-7-9-18(10-8-17)22(2,3)4/h7-14H,15H2,1-6H3,(H,24,26)/b23-14-. The predicted molar refractivity (Wildman–Crippen MR) is 118 cm³/mol. The van der Waals surface area contributed by atoms with Gasteiger partial charge in [0, 0.05) is 7.05 Å². The molecule has 0 aromatic heterocycles. The van der Waals surface area contributed by atoms with Crippen LogP contribution in [0.3, 0.4) is 0 Å². The van der Waals surface area contributed by atoms with Crippen molar-refractivity contribution in [2.24, 2.45) is 5.10 Å². The molecule has 0 aliphatic rings. The molecule has 2 aromatic carbocycles. The Morgan fingerprint density at radius 3 is 2.33 bits per heavy atom. The number of ether oxygens (including phenoxy) is 1.